The van der Waals surface area contributed by atoms with Crippen molar-refractivity contribution in [1.29, 1.82) is 0 Å². The minimum absolute atomic E-state index is 0. The van der Waals surface area contributed by atoms with Crippen LogP contribution in [0.2, 0.25) is 0 Å². The van der Waals surface area contributed by atoms with Gasteiger partial charge in [0, 0.05) is 17.6 Å². The molecular weight excluding hydrogens is 368 g/mol. The van der Waals surface area contributed by atoms with E-state index in [1.54, 1.807) is 0 Å². The van der Waals surface area contributed by atoms with E-state index in [-0.39, 0.29) is 36.6 Å². The summed E-state index contributed by atoms with van der Waals surface area (Å²) in [5.74, 6) is 0.136. The molecule has 0 aliphatic carbocycles. The van der Waals surface area contributed by atoms with Gasteiger partial charge in [0.15, 0.2) is 0 Å². The van der Waals surface area contributed by atoms with Gasteiger partial charge >= 0.3 is 0 Å². The van der Waals surface area contributed by atoms with E-state index in [4.69, 9.17) is 10.5 Å². The molecule has 22 heavy (non-hydrogen) atoms. The van der Waals surface area contributed by atoms with E-state index in [1.165, 1.54) is 5.56 Å². The molecule has 2 fully saturated rings. The maximum atomic E-state index is 12.7. The molecule has 122 valence electrons. The van der Waals surface area contributed by atoms with Crippen LogP contribution in [0.5, 0.6) is 0 Å². The number of benzene rings is 1. The summed E-state index contributed by atoms with van der Waals surface area (Å²) in [6.07, 6.45) is 3.52. The number of likely N-dealkylation sites (tertiary alicyclic amines) is 1. The van der Waals surface area contributed by atoms with E-state index in [0.717, 1.165) is 36.7 Å². The predicted molar refractivity (Wildman–Crippen MR) is 92.0 cm³/mol. The van der Waals surface area contributed by atoms with Gasteiger partial charge in [0.05, 0.1) is 12.1 Å². The van der Waals surface area contributed by atoms with Gasteiger partial charge in [-0.1, -0.05) is 28.1 Å². The molecule has 0 aromatic heterocycles. The lowest BCUT2D eigenvalue weighted by Gasteiger charge is -2.27. The van der Waals surface area contributed by atoms with Crippen molar-refractivity contribution in [2.45, 2.75) is 43.9 Å². The quantitative estimate of drug-likeness (QED) is 0.864. The second-order valence-corrected chi connectivity index (χ2v) is 6.72. The van der Waals surface area contributed by atoms with Gasteiger partial charge in [0.2, 0.25) is 0 Å². The number of hydrogen-bond acceptors (Lipinski definition) is 3. The Morgan fingerprint density at radius 1 is 1.27 bits per heavy atom. The van der Waals surface area contributed by atoms with E-state index in [9.17, 15) is 4.79 Å². The molecule has 2 N–H and O–H groups in total. The highest BCUT2D eigenvalue weighted by molar-refractivity contribution is 9.10. The summed E-state index contributed by atoms with van der Waals surface area (Å²) >= 11 is 3.45. The van der Waals surface area contributed by atoms with Crippen molar-refractivity contribution in [2.75, 3.05) is 13.1 Å². The molecule has 2 saturated heterocycles. The molecule has 0 bridgehead atoms. The maximum Gasteiger partial charge on any atom is 0.252 e. The molecule has 3 rings (SSSR count). The maximum absolute atomic E-state index is 12.7. The zero-order valence-corrected chi connectivity index (χ0v) is 14.8. The molecule has 2 heterocycles. The largest absolute Gasteiger partial charge is 0.364 e. The number of hydrogen-bond donors (Lipinski definition) is 1. The lowest BCUT2D eigenvalue weighted by molar-refractivity contribution is -0.143. The average molecular weight is 390 g/mol. The number of amides is 1. The van der Waals surface area contributed by atoms with Gasteiger partial charge < -0.3 is 15.4 Å². The van der Waals surface area contributed by atoms with Crippen LogP contribution in [0, 0.1) is 0 Å². The summed E-state index contributed by atoms with van der Waals surface area (Å²) in [6.45, 7) is 1.33. The Kier molecular flexibility index (Phi) is 6.26. The summed E-state index contributed by atoms with van der Waals surface area (Å²) in [5.41, 5.74) is 6.83. The first-order chi connectivity index (χ1) is 10.2. The fourth-order valence-corrected chi connectivity index (χ4v) is 3.57. The second kappa shape index (κ2) is 7.77. The molecule has 1 amide bonds. The molecule has 0 spiro atoms. The van der Waals surface area contributed by atoms with Crippen LogP contribution in [0.1, 0.15) is 37.3 Å². The summed E-state index contributed by atoms with van der Waals surface area (Å²) < 4.78 is 6.83. The summed E-state index contributed by atoms with van der Waals surface area (Å²) in [5, 5.41) is 0. The van der Waals surface area contributed by atoms with Crippen LogP contribution in [-0.2, 0) is 9.53 Å². The smallest absolute Gasteiger partial charge is 0.252 e. The molecule has 1 aromatic rings. The zero-order valence-electron chi connectivity index (χ0n) is 12.4. The molecule has 2 aliphatic rings. The first-order valence-corrected chi connectivity index (χ1v) is 8.40. The monoisotopic (exact) mass is 388 g/mol. The summed E-state index contributed by atoms with van der Waals surface area (Å²) in [4.78, 5) is 14.7. The van der Waals surface area contributed by atoms with Crippen LogP contribution in [0.3, 0.4) is 0 Å². The van der Waals surface area contributed by atoms with Crippen LogP contribution in [0.15, 0.2) is 28.7 Å². The number of rotatable bonds is 3. The van der Waals surface area contributed by atoms with Gasteiger partial charge in [-0.05, 0) is 43.4 Å². The van der Waals surface area contributed by atoms with Crippen molar-refractivity contribution >= 4 is 34.2 Å². The minimum atomic E-state index is -0.297. The standard InChI is InChI=1S/C16H21BrN2O2.ClH/c17-12-5-3-11(4-6-12)14-2-1-9-19(14)16(20)15-8-7-13(10-18)21-15;/h3-6,13-15H,1-2,7-10,18H2;1H/t13-,14?,15+;/m1./s1. The Morgan fingerprint density at radius 3 is 2.64 bits per heavy atom. The number of halogens is 2. The molecule has 1 aromatic carbocycles. The fourth-order valence-electron chi connectivity index (χ4n) is 3.31. The Bertz CT molecular complexity index is 511. The van der Waals surface area contributed by atoms with Crippen LogP contribution in [0.25, 0.3) is 0 Å². The van der Waals surface area contributed by atoms with Gasteiger partial charge in [0.1, 0.15) is 6.10 Å². The first kappa shape index (κ1) is 17.7. The average Bonchev–Trinajstić information content (AvgIpc) is 3.16. The van der Waals surface area contributed by atoms with Crippen molar-refractivity contribution < 1.29 is 9.53 Å². The SMILES string of the molecule is Cl.NC[C@H]1CC[C@@H](C(=O)N2CCCC2c2ccc(Br)cc2)O1. The van der Waals surface area contributed by atoms with Crippen molar-refractivity contribution in [3.05, 3.63) is 34.3 Å². The normalized spacial score (nSPS) is 27.7. The molecule has 0 saturated carbocycles. The van der Waals surface area contributed by atoms with Crippen LogP contribution in [-0.4, -0.2) is 36.1 Å². The minimum Gasteiger partial charge on any atom is -0.364 e. The van der Waals surface area contributed by atoms with E-state index >= 15 is 0 Å². The fraction of sp³-hybridized carbons (Fsp3) is 0.562. The molecule has 2 aliphatic heterocycles. The summed E-state index contributed by atoms with van der Waals surface area (Å²) in [6, 6.07) is 8.45. The zero-order chi connectivity index (χ0) is 14.8. The van der Waals surface area contributed by atoms with Crippen molar-refractivity contribution in [3.63, 3.8) is 0 Å². The molecule has 6 heteroatoms. The lowest BCUT2D eigenvalue weighted by atomic mass is 10.0. The first-order valence-electron chi connectivity index (χ1n) is 7.60. The number of carbonyl (C=O) groups excluding carboxylic acids is 1. The molecule has 1 unspecified atom stereocenters. The second-order valence-electron chi connectivity index (χ2n) is 5.80. The van der Waals surface area contributed by atoms with Gasteiger partial charge in [-0.3, -0.25) is 4.79 Å². The third-order valence-electron chi connectivity index (χ3n) is 4.44. The van der Waals surface area contributed by atoms with Gasteiger partial charge in [-0.2, -0.15) is 0 Å². The van der Waals surface area contributed by atoms with Crippen LogP contribution >= 0.6 is 28.3 Å². The Labute approximate surface area is 145 Å². The number of ether oxygens (including phenoxy) is 1. The highest BCUT2D eigenvalue weighted by Gasteiger charge is 2.37. The van der Waals surface area contributed by atoms with Gasteiger partial charge in [0.25, 0.3) is 5.91 Å². The van der Waals surface area contributed by atoms with E-state index in [0.29, 0.717) is 6.54 Å². The molecule has 4 nitrogen and oxygen atoms in total. The highest BCUT2D eigenvalue weighted by Crippen LogP contribution is 2.34. The van der Waals surface area contributed by atoms with Crippen molar-refractivity contribution in [2.24, 2.45) is 5.73 Å². The highest BCUT2D eigenvalue weighted by atomic mass is 79.9. The van der Waals surface area contributed by atoms with Crippen molar-refractivity contribution in [1.82, 2.24) is 4.90 Å². The van der Waals surface area contributed by atoms with Gasteiger partial charge in [-0.25, -0.2) is 0 Å². The van der Waals surface area contributed by atoms with Crippen LogP contribution < -0.4 is 5.73 Å². The summed E-state index contributed by atoms with van der Waals surface area (Å²) in [7, 11) is 0. The Hall–Kier alpha value is -0.620. The third kappa shape index (κ3) is 3.65. The number of nitrogens with zero attached hydrogens (tertiary/aromatic N) is 1. The molecule has 0 radical (unpaired) electrons. The lowest BCUT2D eigenvalue weighted by Crippen LogP contribution is -2.39. The van der Waals surface area contributed by atoms with Crippen molar-refractivity contribution in [3.8, 4) is 0 Å². The Morgan fingerprint density at radius 2 is 2.00 bits per heavy atom. The number of carbonyl (C=O) groups is 1. The van der Waals surface area contributed by atoms with E-state index in [2.05, 4.69) is 28.1 Å². The molecule has 3 atom stereocenters. The third-order valence-corrected chi connectivity index (χ3v) is 4.97. The Balaban J connectivity index is 0.00000176. The predicted octanol–water partition coefficient (Wildman–Crippen LogP) is 3.04. The van der Waals surface area contributed by atoms with Gasteiger partial charge in [-0.15, -0.1) is 12.4 Å². The van der Waals surface area contributed by atoms with Crippen LogP contribution in [0.4, 0.5) is 0 Å². The number of nitrogens with two attached hydrogens (primary N) is 1. The topological polar surface area (TPSA) is 55.6 Å². The van der Waals surface area contributed by atoms with E-state index in [1.807, 2.05) is 17.0 Å². The van der Waals surface area contributed by atoms with E-state index < -0.39 is 0 Å². The molecular formula is C16H22BrClN2O2.